The van der Waals surface area contributed by atoms with Gasteiger partial charge in [0.1, 0.15) is 18.0 Å². The first kappa shape index (κ1) is 19.9. The molecule has 6 nitrogen and oxygen atoms in total. The molecule has 3 heterocycles. The molecule has 0 saturated heterocycles. The van der Waals surface area contributed by atoms with Gasteiger partial charge in [0, 0.05) is 19.0 Å². The molecule has 31 heavy (non-hydrogen) atoms. The van der Waals surface area contributed by atoms with Gasteiger partial charge in [-0.2, -0.15) is 5.10 Å². The van der Waals surface area contributed by atoms with Gasteiger partial charge in [0.15, 0.2) is 11.5 Å². The molecule has 0 bridgehead atoms. The van der Waals surface area contributed by atoms with Crippen LogP contribution in [0, 0.1) is 6.92 Å². The molecule has 1 amide bonds. The highest BCUT2D eigenvalue weighted by Gasteiger charge is 2.21. The minimum atomic E-state index is -0.0406. The van der Waals surface area contributed by atoms with Gasteiger partial charge in [-0.15, -0.1) is 11.3 Å². The Morgan fingerprint density at radius 3 is 2.74 bits per heavy atom. The third-order valence-corrected chi connectivity index (χ3v) is 6.63. The van der Waals surface area contributed by atoms with Crippen molar-refractivity contribution in [3.8, 4) is 17.2 Å². The van der Waals surface area contributed by atoms with E-state index in [1.807, 2.05) is 60.1 Å². The number of amides is 1. The van der Waals surface area contributed by atoms with E-state index in [0.717, 1.165) is 38.7 Å². The van der Waals surface area contributed by atoms with Gasteiger partial charge in [-0.1, -0.05) is 29.8 Å². The first-order chi connectivity index (χ1) is 15.0. The number of fused-ring (bicyclic) bond motifs is 2. The molecule has 1 aliphatic rings. The summed E-state index contributed by atoms with van der Waals surface area (Å²) in [6.45, 7) is 3.51. The fourth-order valence-electron chi connectivity index (χ4n) is 3.66. The van der Waals surface area contributed by atoms with Gasteiger partial charge in [-0.25, -0.2) is 4.68 Å². The lowest BCUT2D eigenvalue weighted by molar-refractivity contribution is 0.0789. The van der Waals surface area contributed by atoms with Crippen LogP contribution in [0.15, 0.2) is 48.5 Å². The Kier molecular flexibility index (Phi) is 5.08. The van der Waals surface area contributed by atoms with E-state index in [-0.39, 0.29) is 5.91 Å². The number of aryl methyl sites for hydroxylation is 1. The highest BCUT2D eigenvalue weighted by Crippen LogP contribution is 2.34. The number of thiophene rings is 1. The zero-order valence-electron chi connectivity index (χ0n) is 17.1. The van der Waals surface area contributed by atoms with E-state index in [4.69, 9.17) is 21.1 Å². The first-order valence-corrected chi connectivity index (χ1v) is 11.1. The van der Waals surface area contributed by atoms with E-state index in [9.17, 15) is 4.79 Å². The topological polar surface area (TPSA) is 56.6 Å². The van der Waals surface area contributed by atoms with Crippen LogP contribution in [-0.2, 0) is 6.54 Å². The van der Waals surface area contributed by atoms with Crippen molar-refractivity contribution in [1.29, 1.82) is 0 Å². The second-order valence-electron chi connectivity index (χ2n) is 7.42. The molecule has 5 rings (SSSR count). The molecule has 0 N–H and O–H groups in total. The third kappa shape index (κ3) is 3.64. The monoisotopic (exact) mass is 453 g/mol. The largest absolute Gasteiger partial charge is 0.486 e. The number of halogens is 1. The quantitative estimate of drug-likeness (QED) is 0.431. The van der Waals surface area contributed by atoms with E-state index in [2.05, 4.69) is 5.10 Å². The van der Waals surface area contributed by atoms with E-state index >= 15 is 0 Å². The van der Waals surface area contributed by atoms with Crippen LogP contribution in [0.25, 0.3) is 15.9 Å². The van der Waals surface area contributed by atoms with Crippen molar-refractivity contribution in [2.24, 2.45) is 0 Å². The number of benzene rings is 2. The summed E-state index contributed by atoms with van der Waals surface area (Å²) in [6.07, 6.45) is 0. The molecule has 2 aromatic heterocycles. The Morgan fingerprint density at radius 1 is 1.16 bits per heavy atom. The van der Waals surface area contributed by atoms with Crippen molar-refractivity contribution in [1.82, 2.24) is 14.7 Å². The number of carbonyl (C=O) groups excluding carboxylic acids is 1. The molecular formula is C23H20ClN3O3S. The van der Waals surface area contributed by atoms with Crippen molar-refractivity contribution >= 4 is 39.1 Å². The predicted octanol–water partition coefficient (Wildman–Crippen LogP) is 5.09. The van der Waals surface area contributed by atoms with Crippen molar-refractivity contribution in [3.05, 3.63) is 69.7 Å². The average Bonchev–Trinajstić information content (AvgIpc) is 3.34. The second-order valence-corrected chi connectivity index (χ2v) is 8.86. The lowest BCUT2D eigenvalue weighted by Crippen LogP contribution is -2.25. The normalized spacial score (nSPS) is 12.9. The number of hydrogen-bond acceptors (Lipinski definition) is 5. The average molecular weight is 454 g/mol. The molecule has 0 saturated carbocycles. The predicted molar refractivity (Wildman–Crippen MR) is 122 cm³/mol. The number of hydrogen-bond donors (Lipinski definition) is 0. The maximum Gasteiger partial charge on any atom is 0.264 e. The molecule has 0 unspecified atom stereocenters. The molecule has 8 heteroatoms. The molecule has 0 atom stereocenters. The summed E-state index contributed by atoms with van der Waals surface area (Å²) >= 11 is 7.80. The summed E-state index contributed by atoms with van der Waals surface area (Å²) in [5.41, 5.74) is 2.65. The number of rotatable bonds is 4. The molecule has 0 spiro atoms. The van der Waals surface area contributed by atoms with Crippen LogP contribution >= 0.6 is 22.9 Å². The lowest BCUT2D eigenvalue weighted by Gasteiger charge is -2.21. The Labute approximate surface area is 188 Å². The number of aromatic nitrogens is 2. The van der Waals surface area contributed by atoms with Gasteiger partial charge in [-0.05, 0) is 42.8 Å². The summed E-state index contributed by atoms with van der Waals surface area (Å²) in [7, 11) is 1.80. The SMILES string of the molecule is Cc1nn(-c2ccccc2Cl)c2sc(C(=O)N(C)Cc3ccc4c(c3)OCCO4)cc12. The van der Waals surface area contributed by atoms with E-state index in [1.54, 1.807) is 11.9 Å². The minimum absolute atomic E-state index is 0.0406. The maximum atomic E-state index is 13.2. The Morgan fingerprint density at radius 2 is 1.94 bits per heavy atom. The molecule has 4 aromatic rings. The van der Waals surface area contributed by atoms with Crippen LogP contribution in [0.4, 0.5) is 0 Å². The van der Waals surface area contributed by atoms with Gasteiger partial charge in [0.2, 0.25) is 0 Å². The lowest BCUT2D eigenvalue weighted by atomic mass is 10.2. The molecule has 0 radical (unpaired) electrons. The van der Waals surface area contributed by atoms with Gasteiger partial charge >= 0.3 is 0 Å². The smallest absolute Gasteiger partial charge is 0.264 e. The van der Waals surface area contributed by atoms with Crippen LogP contribution in [0.2, 0.25) is 5.02 Å². The second kappa shape index (κ2) is 7.90. The van der Waals surface area contributed by atoms with Crippen LogP contribution in [0.5, 0.6) is 11.5 Å². The van der Waals surface area contributed by atoms with Crippen molar-refractivity contribution in [2.45, 2.75) is 13.5 Å². The molecule has 2 aromatic carbocycles. The summed E-state index contributed by atoms with van der Waals surface area (Å²) in [4.78, 5) is 16.4. The van der Waals surface area contributed by atoms with Gasteiger partial charge < -0.3 is 14.4 Å². The highest BCUT2D eigenvalue weighted by atomic mass is 35.5. The van der Waals surface area contributed by atoms with Gasteiger partial charge in [-0.3, -0.25) is 4.79 Å². The van der Waals surface area contributed by atoms with Crippen LogP contribution < -0.4 is 9.47 Å². The Balaban J connectivity index is 1.42. The number of carbonyl (C=O) groups is 1. The zero-order valence-corrected chi connectivity index (χ0v) is 18.7. The maximum absolute atomic E-state index is 13.2. The minimum Gasteiger partial charge on any atom is -0.486 e. The van der Waals surface area contributed by atoms with Crippen LogP contribution in [0.3, 0.4) is 0 Å². The van der Waals surface area contributed by atoms with Gasteiger partial charge in [0.25, 0.3) is 5.91 Å². The number of para-hydroxylation sites is 1. The fourth-order valence-corrected chi connectivity index (χ4v) is 5.05. The zero-order chi connectivity index (χ0) is 21.5. The third-order valence-electron chi connectivity index (χ3n) is 5.21. The molecule has 0 aliphatic carbocycles. The molecule has 1 aliphatic heterocycles. The van der Waals surface area contributed by atoms with Crippen molar-refractivity contribution < 1.29 is 14.3 Å². The summed E-state index contributed by atoms with van der Waals surface area (Å²) < 4.78 is 13.0. The van der Waals surface area contributed by atoms with E-state index in [1.165, 1.54) is 11.3 Å². The van der Waals surface area contributed by atoms with Crippen LogP contribution in [0.1, 0.15) is 20.9 Å². The van der Waals surface area contributed by atoms with E-state index in [0.29, 0.717) is 29.7 Å². The van der Waals surface area contributed by atoms with Crippen molar-refractivity contribution in [3.63, 3.8) is 0 Å². The standard InChI is InChI=1S/C23H20ClN3O3S/c1-14-16-12-21(31-23(16)27(25-14)18-6-4-3-5-17(18)24)22(28)26(2)13-15-7-8-19-20(11-15)30-10-9-29-19/h3-8,11-12H,9-10,13H2,1-2H3. The fraction of sp³-hybridized carbons (Fsp3) is 0.217. The summed E-state index contributed by atoms with van der Waals surface area (Å²) in [5.74, 6) is 1.43. The molecule has 0 fully saturated rings. The number of ether oxygens (including phenoxy) is 2. The van der Waals surface area contributed by atoms with Gasteiger partial charge in [0.05, 0.1) is 21.3 Å². The van der Waals surface area contributed by atoms with Crippen molar-refractivity contribution in [2.75, 3.05) is 20.3 Å². The number of nitrogens with zero attached hydrogens (tertiary/aromatic N) is 3. The Hall–Kier alpha value is -3.03. The molecular weight excluding hydrogens is 434 g/mol. The highest BCUT2D eigenvalue weighted by molar-refractivity contribution is 7.20. The van der Waals surface area contributed by atoms with Crippen LogP contribution in [-0.4, -0.2) is 40.8 Å². The Bertz CT molecular complexity index is 1300. The first-order valence-electron chi connectivity index (χ1n) is 9.89. The summed E-state index contributed by atoms with van der Waals surface area (Å²) in [6, 6.07) is 15.3. The summed E-state index contributed by atoms with van der Waals surface area (Å²) in [5, 5.41) is 6.20. The molecule has 158 valence electrons. The van der Waals surface area contributed by atoms with E-state index < -0.39 is 0 Å².